The Morgan fingerprint density at radius 1 is 1.45 bits per heavy atom. The Kier molecular flexibility index (Phi) is 4.04. The first kappa shape index (κ1) is 14.8. The second-order valence-corrected chi connectivity index (χ2v) is 5.12. The lowest BCUT2D eigenvalue weighted by molar-refractivity contribution is -0.137. The van der Waals surface area contributed by atoms with Crippen molar-refractivity contribution >= 4 is 12.0 Å². The summed E-state index contributed by atoms with van der Waals surface area (Å²) in [6, 6.07) is 3.72. The Hall–Kier alpha value is -1.56. The first-order chi connectivity index (χ1) is 9.32. The molecule has 110 valence electrons. The maximum Gasteiger partial charge on any atom is 0.417 e. The molecular formula is C14H16F3NO2. The van der Waals surface area contributed by atoms with Gasteiger partial charge in [-0.3, -0.25) is 4.79 Å². The van der Waals surface area contributed by atoms with Gasteiger partial charge in [-0.15, -0.1) is 0 Å². The third-order valence-electron chi connectivity index (χ3n) is 3.74. The van der Waals surface area contributed by atoms with Crippen LogP contribution in [0, 0.1) is 5.92 Å². The second-order valence-electron chi connectivity index (χ2n) is 5.12. The van der Waals surface area contributed by atoms with Crippen LogP contribution in [0.1, 0.15) is 29.3 Å². The molecule has 1 saturated heterocycles. The highest BCUT2D eigenvalue weighted by atomic mass is 19.4. The van der Waals surface area contributed by atoms with Gasteiger partial charge in [-0.25, -0.2) is 0 Å². The molecule has 0 saturated carbocycles. The second kappa shape index (κ2) is 5.44. The van der Waals surface area contributed by atoms with E-state index in [9.17, 15) is 23.1 Å². The van der Waals surface area contributed by atoms with Crippen LogP contribution >= 0.6 is 0 Å². The maximum absolute atomic E-state index is 12.9. The molecule has 1 heterocycles. The van der Waals surface area contributed by atoms with Gasteiger partial charge >= 0.3 is 6.18 Å². The van der Waals surface area contributed by atoms with Crippen LogP contribution in [0.3, 0.4) is 0 Å². The molecular weight excluding hydrogens is 271 g/mol. The minimum absolute atomic E-state index is 0.0649. The third-order valence-corrected chi connectivity index (χ3v) is 3.74. The number of carbonyl (C=O) groups excluding carboxylic acids is 1. The number of nitrogens with zero attached hydrogens (tertiary/aromatic N) is 1. The van der Waals surface area contributed by atoms with Crippen molar-refractivity contribution in [3.63, 3.8) is 0 Å². The van der Waals surface area contributed by atoms with Crippen molar-refractivity contribution in [3.05, 3.63) is 29.3 Å². The molecule has 0 aromatic heterocycles. The van der Waals surface area contributed by atoms with Crippen LogP contribution in [0.15, 0.2) is 18.2 Å². The smallest absolute Gasteiger partial charge is 0.393 e. The van der Waals surface area contributed by atoms with Crippen LogP contribution in [0.2, 0.25) is 0 Å². The van der Waals surface area contributed by atoms with E-state index >= 15 is 0 Å². The van der Waals surface area contributed by atoms with Crippen LogP contribution in [0.4, 0.5) is 18.9 Å². The van der Waals surface area contributed by atoms with Crippen LogP contribution in [-0.4, -0.2) is 30.6 Å². The zero-order chi connectivity index (χ0) is 14.9. The number of carbonyl (C=O) groups is 1. The summed E-state index contributed by atoms with van der Waals surface area (Å²) in [6.07, 6.45) is -4.06. The highest BCUT2D eigenvalue weighted by Gasteiger charge is 2.34. The lowest BCUT2D eigenvalue weighted by atomic mass is 10.0. The molecule has 2 atom stereocenters. The van der Waals surface area contributed by atoms with E-state index in [2.05, 4.69) is 0 Å². The van der Waals surface area contributed by atoms with Gasteiger partial charge in [0, 0.05) is 30.3 Å². The predicted molar refractivity (Wildman–Crippen MR) is 68.8 cm³/mol. The number of hydrogen-bond acceptors (Lipinski definition) is 3. The van der Waals surface area contributed by atoms with Crippen molar-refractivity contribution < 1.29 is 23.1 Å². The van der Waals surface area contributed by atoms with Crippen molar-refractivity contribution in [1.82, 2.24) is 0 Å². The summed E-state index contributed by atoms with van der Waals surface area (Å²) in [5, 5.41) is 9.53. The van der Waals surface area contributed by atoms with Crippen LogP contribution < -0.4 is 4.90 Å². The van der Waals surface area contributed by atoms with Crippen molar-refractivity contribution in [3.8, 4) is 0 Å². The lowest BCUT2D eigenvalue weighted by Gasteiger charge is -2.21. The standard InChI is InChI=1S/C14H16F3NO2/c1-9(20)10-4-5-18(7-10)12-3-2-11(8-19)13(6-12)14(15,16)17/h2-3,6,8-10,20H,4-5,7H2,1H3. The van der Waals surface area contributed by atoms with E-state index in [4.69, 9.17) is 0 Å². The van der Waals surface area contributed by atoms with Crippen LogP contribution in [0.25, 0.3) is 0 Å². The van der Waals surface area contributed by atoms with Gasteiger partial charge in [0.2, 0.25) is 0 Å². The molecule has 3 nitrogen and oxygen atoms in total. The average molecular weight is 287 g/mol. The molecule has 1 fully saturated rings. The molecule has 2 rings (SSSR count). The van der Waals surface area contributed by atoms with Gasteiger partial charge in [0.1, 0.15) is 0 Å². The molecule has 1 aromatic carbocycles. The zero-order valence-corrected chi connectivity index (χ0v) is 11.0. The summed E-state index contributed by atoms with van der Waals surface area (Å²) in [6.45, 7) is 2.81. The molecule has 1 N–H and O–H groups in total. The summed E-state index contributed by atoms with van der Waals surface area (Å²) < 4.78 is 38.7. The third kappa shape index (κ3) is 2.95. The number of aldehydes is 1. The Morgan fingerprint density at radius 3 is 2.65 bits per heavy atom. The summed E-state index contributed by atoms with van der Waals surface area (Å²) >= 11 is 0. The fourth-order valence-electron chi connectivity index (χ4n) is 2.50. The molecule has 2 unspecified atom stereocenters. The number of aliphatic hydroxyl groups is 1. The molecule has 1 aliphatic heterocycles. The van der Waals surface area contributed by atoms with E-state index in [0.29, 0.717) is 18.8 Å². The largest absolute Gasteiger partial charge is 0.417 e. The molecule has 20 heavy (non-hydrogen) atoms. The van der Waals surface area contributed by atoms with Crippen molar-refractivity contribution in [1.29, 1.82) is 0 Å². The number of alkyl halides is 3. The fraction of sp³-hybridized carbons (Fsp3) is 0.500. The summed E-state index contributed by atoms with van der Waals surface area (Å²) in [5.41, 5.74) is -0.830. The van der Waals surface area contributed by atoms with Gasteiger partial charge in [-0.1, -0.05) is 0 Å². The van der Waals surface area contributed by atoms with E-state index in [1.54, 1.807) is 11.8 Å². The molecule has 1 aromatic rings. The lowest BCUT2D eigenvalue weighted by Crippen LogP contribution is -2.24. The number of halogens is 3. The Bertz CT molecular complexity index is 500. The number of rotatable bonds is 3. The number of aliphatic hydroxyl groups excluding tert-OH is 1. The Morgan fingerprint density at radius 2 is 2.15 bits per heavy atom. The molecule has 0 bridgehead atoms. The summed E-state index contributed by atoms with van der Waals surface area (Å²) in [5.74, 6) is 0.0649. The first-order valence-corrected chi connectivity index (χ1v) is 6.42. The van der Waals surface area contributed by atoms with E-state index in [1.165, 1.54) is 12.1 Å². The minimum Gasteiger partial charge on any atom is -0.393 e. The van der Waals surface area contributed by atoms with Gasteiger partial charge in [-0.2, -0.15) is 13.2 Å². The van der Waals surface area contributed by atoms with Crippen LogP contribution in [0.5, 0.6) is 0 Å². The molecule has 0 aliphatic carbocycles. The molecule has 6 heteroatoms. The highest BCUT2D eigenvalue weighted by Crippen LogP contribution is 2.35. The maximum atomic E-state index is 12.9. The first-order valence-electron chi connectivity index (χ1n) is 6.42. The molecule has 0 spiro atoms. The molecule has 0 amide bonds. The van der Waals surface area contributed by atoms with Gasteiger partial charge in [0.15, 0.2) is 6.29 Å². The minimum atomic E-state index is -4.55. The van der Waals surface area contributed by atoms with Crippen molar-refractivity contribution in [2.24, 2.45) is 5.92 Å². The molecule has 0 radical (unpaired) electrons. The topological polar surface area (TPSA) is 40.5 Å². The Balaban J connectivity index is 2.28. The number of hydrogen-bond donors (Lipinski definition) is 1. The van der Waals surface area contributed by atoms with Crippen molar-refractivity contribution in [2.45, 2.75) is 25.6 Å². The van der Waals surface area contributed by atoms with Crippen molar-refractivity contribution in [2.75, 3.05) is 18.0 Å². The van der Waals surface area contributed by atoms with E-state index < -0.39 is 17.8 Å². The SMILES string of the molecule is CC(O)C1CCN(c2ccc(C=O)c(C(F)(F)F)c2)C1. The van der Waals surface area contributed by atoms with E-state index in [-0.39, 0.29) is 17.8 Å². The van der Waals surface area contributed by atoms with Crippen LogP contribution in [-0.2, 0) is 6.18 Å². The summed E-state index contributed by atoms with van der Waals surface area (Å²) in [7, 11) is 0. The Labute approximate surface area is 115 Å². The normalized spacial score (nSPS) is 21.1. The van der Waals surface area contributed by atoms with Gasteiger partial charge in [0.25, 0.3) is 0 Å². The highest BCUT2D eigenvalue weighted by molar-refractivity contribution is 5.79. The fourth-order valence-corrected chi connectivity index (χ4v) is 2.50. The van der Waals surface area contributed by atoms with Gasteiger partial charge in [0.05, 0.1) is 11.7 Å². The monoisotopic (exact) mass is 287 g/mol. The predicted octanol–water partition coefficient (Wildman–Crippen LogP) is 2.73. The van der Waals surface area contributed by atoms with E-state index in [1.807, 2.05) is 0 Å². The number of anilines is 1. The quantitative estimate of drug-likeness (QED) is 0.869. The number of benzene rings is 1. The zero-order valence-electron chi connectivity index (χ0n) is 11.0. The van der Waals surface area contributed by atoms with E-state index in [0.717, 1.165) is 12.5 Å². The van der Waals surface area contributed by atoms with Gasteiger partial charge < -0.3 is 10.0 Å². The van der Waals surface area contributed by atoms with Gasteiger partial charge in [-0.05, 0) is 31.5 Å². The average Bonchev–Trinajstić information content (AvgIpc) is 2.86. The molecule has 1 aliphatic rings. The summed E-state index contributed by atoms with van der Waals surface area (Å²) in [4.78, 5) is 12.5.